The molecule has 0 spiro atoms. The molecule has 0 rings (SSSR count). The van der Waals surface area contributed by atoms with Crippen LogP contribution in [0.1, 0.15) is 26.7 Å². The van der Waals surface area contributed by atoms with Gasteiger partial charge in [0.25, 0.3) is 0 Å². The Labute approximate surface area is 87.9 Å². The molecule has 0 bridgehead atoms. The molecule has 0 aliphatic carbocycles. The molecule has 0 N–H and O–H groups in total. The van der Waals surface area contributed by atoms with Crippen LogP contribution >= 0.6 is 0 Å². The van der Waals surface area contributed by atoms with Gasteiger partial charge in [0.2, 0.25) is 0 Å². The maximum Gasteiger partial charge on any atom is 3.00 e. The van der Waals surface area contributed by atoms with Gasteiger partial charge in [-0.25, -0.2) is 0 Å². The molecule has 0 aliphatic rings. The van der Waals surface area contributed by atoms with Crippen LogP contribution in [0.4, 0.5) is 0 Å². The first-order valence-electron chi connectivity index (χ1n) is 1.91. The van der Waals surface area contributed by atoms with E-state index in [9.17, 15) is 0 Å². The summed E-state index contributed by atoms with van der Waals surface area (Å²) < 4.78 is 0. The Balaban J connectivity index is -0.00000000750. The number of hydrogen-bond acceptors (Lipinski definition) is 0. The summed E-state index contributed by atoms with van der Waals surface area (Å²) in [4.78, 5) is 0. The van der Waals surface area contributed by atoms with Gasteiger partial charge in [-0.2, -0.15) is 0 Å². The van der Waals surface area contributed by atoms with Gasteiger partial charge in [-0.05, 0) is 0 Å². The second-order valence-electron chi connectivity index (χ2n) is 1.000. The average molecular weight is 286 g/mol. The molecule has 0 aliphatic heterocycles. The van der Waals surface area contributed by atoms with E-state index in [2.05, 4.69) is 13.8 Å². The van der Waals surface area contributed by atoms with Crippen molar-refractivity contribution in [1.82, 2.24) is 0 Å². The molecule has 8 heavy (non-hydrogen) atoms. The predicted octanol–water partition coefficient (Wildman–Crippen LogP) is -7.56. The Hall–Kier alpha value is 1.69. The third-order valence-electron chi connectivity index (χ3n) is 0.500. The summed E-state index contributed by atoms with van der Waals surface area (Å²) in [6.07, 6.45) is 2.64. The van der Waals surface area contributed by atoms with Crippen molar-refractivity contribution in [1.29, 1.82) is 0 Å². The minimum atomic E-state index is 0. The zero-order chi connectivity index (χ0) is 3.41. The minimum Gasteiger partial charge on any atom is -1.00 e. The zero-order valence-electron chi connectivity index (χ0n) is 5.00. The van der Waals surface area contributed by atoms with Crippen molar-refractivity contribution >= 4 is 24.4 Å². The van der Waals surface area contributed by atoms with E-state index in [1.54, 1.807) is 0 Å². The van der Waals surface area contributed by atoms with Crippen LogP contribution in [0.5, 0.6) is 0 Å². The van der Waals surface area contributed by atoms with E-state index in [4.69, 9.17) is 0 Å². The van der Waals surface area contributed by atoms with Gasteiger partial charge in [-0.3, -0.25) is 0 Å². The van der Waals surface area contributed by atoms with E-state index in [1.165, 1.54) is 12.8 Å². The average Bonchev–Trinajstić information content (AvgIpc) is 1.37. The van der Waals surface area contributed by atoms with Crippen molar-refractivity contribution in [3.63, 3.8) is 0 Å². The fourth-order valence-electron chi connectivity index (χ4n) is 0. The van der Waals surface area contributed by atoms with Crippen LogP contribution in [0.15, 0.2) is 0 Å². The molecule has 4 heteroatoms. The number of halogens is 3. The van der Waals surface area contributed by atoms with Gasteiger partial charge in [-0.15, -0.1) is 0 Å². The van der Waals surface area contributed by atoms with Crippen molar-refractivity contribution in [3.8, 4) is 0 Å². The zero-order valence-corrected chi connectivity index (χ0v) is 9.82. The van der Waals surface area contributed by atoms with Gasteiger partial charge < -0.3 is 37.2 Å². The van der Waals surface area contributed by atoms with E-state index >= 15 is 0 Å². The second kappa shape index (κ2) is 37.8. The minimum absolute atomic E-state index is 0. The summed E-state index contributed by atoms with van der Waals surface area (Å²) in [5.41, 5.74) is 0. The third-order valence-corrected chi connectivity index (χ3v) is 0.500. The molecule has 0 saturated heterocycles. The molecule has 2 radical (unpaired) electrons. The van der Waals surface area contributed by atoms with Crippen LogP contribution in [0.25, 0.3) is 0 Å². The van der Waals surface area contributed by atoms with Crippen LogP contribution in [-0.4, -0.2) is 24.4 Å². The van der Waals surface area contributed by atoms with Crippen molar-refractivity contribution in [3.05, 3.63) is 0 Å². The summed E-state index contributed by atoms with van der Waals surface area (Å²) in [5.74, 6) is 0. The first-order chi connectivity index (χ1) is 1.91. The maximum absolute atomic E-state index is 2.18. The predicted molar refractivity (Wildman–Crippen MR) is 26.3 cm³/mol. The number of hydrogen-bond donors (Lipinski definition) is 0. The van der Waals surface area contributed by atoms with E-state index < -0.39 is 0 Å². The topological polar surface area (TPSA) is 0 Å². The van der Waals surface area contributed by atoms with Crippen molar-refractivity contribution in [2.24, 2.45) is 0 Å². The molecule has 0 aromatic rings. The Morgan fingerprint density at radius 2 is 0.875 bits per heavy atom. The van der Waals surface area contributed by atoms with Crippen LogP contribution in [0, 0.1) is 0 Å². The Morgan fingerprint density at radius 1 is 0.750 bits per heavy atom. The normalized spacial score (nSPS) is 3.75. The molecule has 0 atom stereocenters. The molecular formula is C4H10Cl3Sb. The van der Waals surface area contributed by atoms with Crippen molar-refractivity contribution < 1.29 is 37.2 Å². The van der Waals surface area contributed by atoms with E-state index in [1.807, 2.05) is 0 Å². The Kier molecular flexibility index (Phi) is 157. The Morgan fingerprint density at radius 3 is 0.875 bits per heavy atom. The van der Waals surface area contributed by atoms with Gasteiger partial charge in [0.05, 0.1) is 0 Å². The summed E-state index contributed by atoms with van der Waals surface area (Å²) in [6.45, 7) is 4.36. The van der Waals surface area contributed by atoms with Crippen LogP contribution in [0.3, 0.4) is 0 Å². The van der Waals surface area contributed by atoms with E-state index in [-0.39, 0.29) is 61.6 Å². The first-order valence-corrected chi connectivity index (χ1v) is 1.91. The van der Waals surface area contributed by atoms with E-state index in [0.29, 0.717) is 0 Å². The molecule has 0 aromatic heterocycles. The fourth-order valence-corrected chi connectivity index (χ4v) is 0. The maximum atomic E-state index is 2.18. The molecule has 0 aromatic carbocycles. The monoisotopic (exact) mass is 284 g/mol. The number of rotatable bonds is 1. The Bertz CT molecular complexity index is 13.2. The van der Waals surface area contributed by atoms with Gasteiger partial charge in [0.1, 0.15) is 0 Å². The van der Waals surface area contributed by atoms with Crippen molar-refractivity contribution in [2.75, 3.05) is 0 Å². The van der Waals surface area contributed by atoms with Gasteiger partial charge in [0, 0.05) is 0 Å². The molecule has 0 heterocycles. The third kappa shape index (κ3) is 47.6. The second-order valence-corrected chi connectivity index (χ2v) is 1.000. The van der Waals surface area contributed by atoms with Gasteiger partial charge >= 0.3 is 24.4 Å². The first kappa shape index (κ1) is 33.3. The summed E-state index contributed by atoms with van der Waals surface area (Å²) in [5, 5.41) is 0. The quantitative estimate of drug-likeness (QED) is 0.420. The summed E-state index contributed by atoms with van der Waals surface area (Å²) in [6, 6.07) is 0. The van der Waals surface area contributed by atoms with E-state index in [0.717, 1.165) is 0 Å². The molecule has 52 valence electrons. The van der Waals surface area contributed by atoms with Gasteiger partial charge in [0.15, 0.2) is 0 Å². The number of unbranched alkanes of at least 4 members (excludes halogenated alkanes) is 1. The molecular weight excluding hydrogens is 276 g/mol. The SMILES string of the molecule is CCCC.[Cl-].[Cl-].[Cl-].[Sb+3]. The molecule has 0 amide bonds. The van der Waals surface area contributed by atoms with Crippen LogP contribution in [-0.2, 0) is 0 Å². The molecule has 0 saturated carbocycles. The standard InChI is InChI=1S/C4H10.3ClH.Sb/c1-3-4-2;;;;/h3-4H2,1-2H3;3*1H;/q;;;;+3/p-3. The largest absolute Gasteiger partial charge is 3.00 e. The van der Waals surface area contributed by atoms with Gasteiger partial charge in [-0.1, -0.05) is 26.7 Å². The summed E-state index contributed by atoms with van der Waals surface area (Å²) >= 11 is 0. The van der Waals surface area contributed by atoms with Crippen LogP contribution < -0.4 is 37.2 Å². The summed E-state index contributed by atoms with van der Waals surface area (Å²) in [7, 11) is 0. The fraction of sp³-hybridized carbons (Fsp3) is 1.00. The smallest absolute Gasteiger partial charge is 1.00 e. The van der Waals surface area contributed by atoms with Crippen LogP contribution in [0.2, 0.25) is 0 Å². The molecule has 0 fully saturated rings. The molecule has 0 unspecified atom stereocenters. The van der Waals surface area contributed by atoms with Crippen molar-refractivity contribution in [2.45, 2.75) is 26.7 Å². The molecule has 0 nitrogen and oxygen atoms in total.